The maximum atomic E-state index is 12.6. The molecule has 0 aliphatic rings. The monoisotopic (exact) mass is 316 g/mol. The van der Waals surface area contributed by atoms with Gasteiger partial charge in [0.25, 0.3) is 0 Å². The zero-order valence-corrected chi connectivity index (χ0v) is 13.1. The Hall–Kier alpha value is -1.80. The van der Waals surface area contributed by atoms with Crippen LogP contribution in [0.2, 0.25) is 0 Å². The SMILES string of the molecule is CCCN(CC(=O)OC)S(=O)(=O)c1ccc(OC)cc1N. The van der Waals surface area contributed by atoms with Gasteiger partial charge in [-0.1, -0.05) is 6.92 Å². The van der Waals surface area contributed by atoms with Gasteiger partial charge in [-0.3, -0.25) is 4.79 Å². The van der Waals surface area contributed by atoms with Crippen molar-refractivity contribution in [3.63, 3.8) is 0 Å². The third-order valence-corrected chi connectivity index (χ3v) is 4.76. The molecule has 1 aromatic carbocycles. The van der Waals surface area contributed by atoms with Crippen LogP contribution in [-0.2, 0) is 19.6 Å². The number of hydrogen-bond donors (Lipinski definition) is 1. The van der Waals surface area contributed by atoms with E-state index in [1.54, 1.807) is 0 Å². The minimum atomic E-state index is -3.87. The van der Waals surface area contributed by atoms with Crippen LogP contribution < -0.4 is 10.5 Å². The molecule has 0 saturated carbocycles. The minimum absolute atomic E-state index is 0.0550. The molecule has 21 heavy (non-hydrogen) atoms. The summed E-state index contributed by atoms with van der Waals surface area (Å²) in [6.45, 7) is 1.66. The Morgan fingerprint density at radius 3 is 2.48 bits per heavy atom. The lowest BCUT2D eigenvalue weighted by Gasteiger charge is -2.21. The van der Waals surface area contributed by atoms with Crippen LogP contribution in [0.15, 0.2) is 23.1 Å². The summed E-state index contributed by atoms with van der Waals surface area (Å²) in [7, 11) is -1.20. The molecule has 118 valence electrons. The maximum absolute atomic E-state index is 12.6. The van der Waals surface area contributed by atoms with E-state index in [2.05, 4.69) is 4.74 Å². The number of ether oxygens (including phenoxy) is 2. The molecule has 0 heterocycles. The molecule has 0 aliphatic carbocycles. The van der Waals surface area contributed by atoms with Gasteiger partial charge in [0, 0.05) is 12.6 Å². The van der Waals surface area contributed by atoms with Crippen molar-refractivity contribution in [2.24, 2.45) is 0 Å². The Labute approximate surface area is 124 Å². The molecule has 0 amide bonds. The number of carbonyl (C=O) groups is 1. The van der Waals surface area contributed by atoms with E-state index in [4.69, 9.17) is 10.5 Å². The molecule has 0 spiro atoms. The summed E-state index contributed by atoms with van der Waals surface area (Å²) in [5.74, 6) is -0.166. The van der Waals surface area contributed by atoms with Crippen LogP contribution in [0.3, 0.4) is 0 Å². The van der Waals surface area contributed by atoms with Crippen molar-refractivity contribution >= 4 is 21.7 Å². The van der Waals surface area contributed by atoms with Crippen LogP contribution in [0.4, 0.5) is 5.69 Å². The van der Waals surface area contributed by atoms with E-state index in [0.717, 1.165) is 4.31 Å². The molecular weight excluding hydrogens is 296 g/mol. The average Bonchev–Trinajstić information content (AvgIpc) is 2.45. The fourth-order valence-electron chi connectivity index (χ4n) is 1.77. The number of nitrogen functional groups attached to an aromatic ring is 1. The smallest absolute Gasteiger partial charge is 0.321 e. The van der Waals surface area contributed by atoms with E-state index in [1.165, 1.54) is 32.4 Å². The number of esters is 1. The Bertz CT molecular complexity index is 601. The molecule has 0 unspecified atom stereocenters. The number of hydrogen-bond acceptors (Lipinski definition) is 6. The van der Waals surface area contributed by atoms with E-state index in [9.17, 15) is 13.2 Å². The zero-order valence-electron chi connectivity index (χ0n) is 12.3. The van der Waals surface area contributed by atoms with Crippen molar-refractivity contribution < 1.29 is 22.7 Å². The second-order valence-corrected chi connectivity index (χ2v) is 6.22. The molecule has 0 saturated heterocycles. The number of methoxy groups -OCH3 is 2. The molecule has 0 aliphatic heterocycles. The fraction of sp³-hybridized carbons (Fsp3) is 0.462. The van der Waals surface area contributed by atoms with Gasteiger partial charge in [-0.05, 0) is 18.6 Å². The van der Waals surface area contributed by atoms with Gasteiger partial charge < -0.3 is 15.2 Å². The first-order chi connectivity index (χ1) is 9.86. The summed E-state index contributed by atoms with van der Waals surface area (Å²) >= 11 is 0. The first-order valence-electron chi connectivity index (χ1n) is 6.37. The van der Waals surface area contributed by atoms with Crippen molar-refractivity contribution in [3.05, 3.63) is 18.2 Å². The van der Waals surface area contributed by atoms with Crippen molar-refractivity contribution in [2.45, 2.75) is 18.2 Å². The van der Waals surface area contributed by atoms with E-state index < -0.39 is 16.0 Å². The summed E-state index contributed by atoms with van der Waals surface area (Å²) in [6.07, 6.45) is 0.562. The molecule has 1 aromatic rings. The fourth-order valence-corrected chi connectivity index (χ4v) is 3.34. The van der Waals surface area contributed by atoms with Gasteiger partial charge in [-0.2, -0.15) is 4.31 Å². The van der Waals surface area contributed by atoms with Crippen molar-refractivity contribution in [2.75, 3.05) is 33.0 Å². The minimum Gasteiger partial charge on any atom is -0.497 e. The van der Waals surface area contributed by atoms with Crippen LogP contribution in [-0.4, -0.2) is 46.0 Å². The number of anilines is 1. The van der Waals surface area contributed by atoms with Crippen LogP contribution in [0, 0.1) is 0 Å². The molecule has 0 radical (unpaired) electrons. The lowest BCUT2D eigenvalue weighted by molar-refractivity contribution is -0.140. The van der Waals surface area contributed by atoms with E-state index in [1.807, 2.05) is 6.92 Å². The Morgan fingerprint density at radius 1 is 1.33 bits per heavy atom. The topological polar surface area (TPSA) is 98.9 Å². The molecular formula is C13H20N2O5S. The quantitative estimate of drug-likeness (QED) is 0.591. The van der Waals surface area contributed by atoms with Gasteiger partial charge in [-0.25, -0.2) is 8.42 Å². The number of nitrogens with zero attached hydrogens (tertiary/aromatic N) is 1. The van der Waals surface area contributed by atoms with E-state index in [0.29, 0.717) is 12.2 Å². The highest BCUT2D eigenvalue weighted by molar-refractivity contribution is 7.89. The summed E-state index contributed by atoms with van der Waals surface area (Å²) < 4.78 is 35.8. The molecule has 0 fully saturated rings. The molecule has 7 nitrogen and oxygen atoms in total. The highest BCUT2D eigenvalue weighted by atomic mass is 32.2. The van der Waals surface area contributed by atoms with E-state index in [-0.39, 0.29) is 23.7 Å². The average molecular weight is 316 g/mol. The largest absolute Gasteiger partial charge is 0.497 e. The number of rotatable bonds is 7. The number of benzene rings is 1. The molecule has 0 bridgehead atoms. The van der Waals surface area contributed by atoms with Gasteiger partial charge in [-0.15, -0.1) is 0 Å². The van der Waals surface area contributed by atoms with Crippen LogP contribution in [0.5, 0.6) is 5.75 Å². The van der Waals surface area contributed by atoms with Crippen molar-refractivity contribution in [1.82, 2.24) is 4.31 Å². The normalized spacial score (nSPS) is 11.4. The van der Waals surface area contributed by atoms with Gasteiger partial charge in [0.1, 0.15) is 17.2 Å². The molecule has 1 rings (SSSR count). The first kappa shape index (κ1) is 17.3. The molecule has 0 aromatic heterocycles. The van der Waals surface area contributed by atoms with Gasteiger partial charge in [0.15, 0.2) is 0 Å². The third kappa shape index (κ3) is 4.08. The highest BCUT2D eigenvalue weighted by Crippen LogP contribution is 2.26. The second-order valence-electron chi connectivity index (χ2n) is 4.32. The van der Waals surface area contributed by atoms with Gasteiger partial charge in [0.2, 0.25) is 10.0 Å². The summed E-state index contributed by atoms with van der Waals surface area (Å²) in [6, 6.07) is 4.30. The number of carbonyl (C=O) groups excluding carboxylic acids is 1. The lowest BCUT2D eigenvalue weighted by Crippen LogP contribution is -2.37. The van der Waals surface area contributed by atoms with Crippen molar-refractivity contribution in [1.29, 1.82) is 0 Å². The third-order valence-electron chi connectivity index (χ3n) is 2.84. The van der Waals surface area contributed by atoms with E-state index >= 15 is 0 Å². The maximum Gasteiger partial charge on any atom is 0.321 e. The Balaban J connectivity index is 3.19. The Morgan fingerprint density at radius 2 is 2.00 bits per heavy atom. The predicted molar refractivity (Wildman–Crippen MR) is 78.5 cm³/mol. The molecule has 0 atom stereocenters. The molecule has 2 N–H and O–H groups in total. The summed E-state index contributed by atoms with van der Waals surface area (Å²) in [4.78, 5) is 11.3. The lowest BCUT2D eigenvalue weighted by atomic mass is 10.3. The van der Waals surface area contributed by atoms with Crippen molar-refractivity contribution in [3.8, 4) is 5.75 Å². The zero-order chi connectivity index (χ0) is 16.0. The highest BCUT2D eigenvalue weighted by Gasteiger charge is 2.28. The van der Waals surface area contributed by atoms with Gasteiger partial charge >= 0.3 is 5.97 Å². The summed E-state index contributed by atoms with van der Waals surface area (Å²) in [5.41, 5.74) is 5.85. The summed E-state index contributed by atoms with van der Waals surface area (Å²) in [5, 5.41) is 0. The van der Waals surface area contributed by atoms with Crippen LogP contribution in [0.1, 0.15) is 13.3 Å². The Kier molecular flexibility index (Phi) is 5.98. The van der Waals surface area contributed by atoms with Crippen LogP contribution in [0.25, 0.3) is 0 Å². The molecule has 8 heteroatoms. The predicted octanol–water partition coefficient (Wildman–Crippen LogP) is 0.851. The first-order valence-corrected chi connectivity index (χ1v) is 7.81. The number of nitrogens with two attached hydrogens (primary N) is 1. The van der Waals surface area contributed by atoms with Gasteiger partial charge in [0.05, 0.1) is 19.9 Å². The standard InChI is InChI=1S/C13H20N2O5S/c1-4-7-15(9-13(16)20-3)21(17,18)12-6-5-10(19-2)8-11(12)14/h5-6,8H,4,7,9,14H2,1-3H3. The second kappa shape index (κ2) is 7.28. The number of sulfonamides is 1. The van der Waals surface area contributed by atoms with Crippen LogP contribution >= 0.6 is 0 Å².